The maximum atomic E-state index is 4.05. The topological polar surface area (TPSA) is 4.93 Å². The molecule has 0 spiro atoms. The summed E-state index contributed by atoms with van der Waals surface area (Å²) in [6, 6.07) is 2.10. The zero-order chi connectivity index (χ0) is 9.26. The third-order valence-electron chi connectivity index (χ3n) is 2.56. The fourth-order valence-corrected chi connectivity index (χ4v) is 2.02. The lowest BCUT2D eigenvalue weighted by Gasteiger charge is -2.12. The Bertz CT molecular complexity index is 434. The Morgan fingerprint density at radius 2 is 2.38 bits per heavy atom. The lowest BCUT2D eigenvalue weighted by atomic mass is 10.1. The minimum atomic E-state index is 1.14. The highest BCUT2D eigenvalue weighted by Gasteiger charge is 2.06. The molecule has 1 heteroatoms. The molecule has 0 saturated carbocycles. The number of hydrogen-bond acceptors (Lipinski definition) is 0. The van der Waals surface area contributed by atoms with Crippen LogP contribution in [0.3, 0.4) is 0 Å². The Morgan fingerprint density at radius 3 is 3.15 bits per heavy atom. The van der Waals surface area contributed by atoms with Crippen LogP contribution in [0.5, 0.6) is 0 Å². The van der Waals surface area contributed by atoms with E-state index in [0.29, 0.717) is 0 Å². The molecule has 0 bridgehead atoms. The van der Waals surface area contributed by atoms with Gasteiger partial charge < -0.3 is 4.57 Å². The first kappa shape index (κ1) is 8.36. The van der Waals surface area contributed by atoms with Crippen LogP contribution < -0.4 is 10.6 Å². The van der Waals surface area contributed by atoms with Crippen LogP contribution in [0.1, 0.15) is 19.8 Å². The molecule has 0 radical (unpaired) electrons. The van der Waals surface area contributed by atoms with Crippen molar-refractivity contribution in [3.05, 3.63) is 35.0 Å². The SMILES string of the molecule is C=c1ccn2c1=C(/C=C\C)CCC2. The van der Waals surface area contributed by atoms with Gasteiger partial charge in [-0.25, -0.2) is 0 Å². The molecule has 2 rings (SSSR count). The highest BCUT2D eigenvalue weighted by molar-refractivity contribution is 5.56. The van der Waals surface area contributed by atoms with Crippen LogP contribution in [-0.2, 0) is 6.54 Å². The molecule has 1 aliphatic rings. The number of nitrogens with zero attached hydrogens (tertiary/aromatic N) is 1. The molecule has 0 aromatic carbocycles. The summed E-state index contributed by atoms with van der Waals surface area (Å²) in [4.78, 5) is 0. The van der Waals surface area contributed by atoms with E-state index < -0.39 is 0 Å². The summed E-state index contributed by atoms with van der Waals surface area (Å²) in [7, 11) is 0. The van der Waals surface area contributed by atoms with E-state index in [0.717, 1.165) is 11.8 Å². The van der Waals surface area contributed by atoms with Crippen LogP contribution in [0.2, 0.25) is 0 Å². The normalized spacial score (nSPS) is 16.5. The van der Waals surface area contributed by atoms with Gasteiger partial charge in [0.25, 0.3) is 0 Å². The standard InChI is InChI=1S/C12H15N/c1-3-5-11-6-4-8-13-9-7-10(2)12(11)13/h3,5,7,9H,2,4,6,8H2,1H3/b5-3-. The fraction of sp³-hybridized carbons (Fsp3) is 0.333. The molecule has 1 aliphatic heterocycles. The van der Waals surface area contributed by atoms with Crippen molar-refractivity contribution in [3.8, 4) is 0 Å². The van der Waals surface area contributed by atoms with Crippen molar-refractivity contribution < 1.29 is 0 Å². The number of fused-ring (bicyclic) bond motifs is 1. The van der Waals surface area contributed by atoms with Crippen LogP contribution in [-0.4, -0.2) is 4.57 Å². The number of hydrogen-bond donors (Lipinski definition) is 0. The molecule has 0 aliphatic carbocycles. The van der Waals surface area contributed by atoms with Gasteiger partial charge in [0.15, 0.2) is 0 Å². The van der Waals surface area contributed by atoms with Gasteiger partial charge in [-0.2, -0.15) is 0 Å². The second kappa shape index (κ2) is 3.25. The average Bonchev–Trinajstić information content (AvgIpc) is 2.50. The molecular weight excluding hydrogens is 158 g/mol. The van der Waals surface area contributed by atoms with E-state index in [1.54, 1.807) is 0 Å². The zero-order valence-corrected chi connectivity index (χ0v) is 8.09. The van der Waals surface area contributed by atoms with E-state index >= 15 is 0 Å². The molecule has 0 amide bonds. The fourth-order valence-electron chi connectivity index (χ4n) is 2.02. The molecule has 1 aromatic rings. The van der Waals surface area contributed by atoms with E-state index in [2.05, 4.69) is 42.5 Å². The van der Waals surface area contributed by atoms with Crippen LogP contribution >= 0.6 is 0 Å². The maximum Gasteiger partial charge on any atom is 0.0506 e. The van der Waals surface area contributed by atoms with Gasteiger partial charge in [-0.3, -0.25) is 0 Å². The van der Waals surface area contributed by atoms with E-state index in [4.69, 9.17) is 0 Å². The summed E-state index contributed by atoms with van der Waals surface area (Å²) in [5, 5.41) is 2.50. The smallest absolute Gasteiger partial charge is 0.0506 e. The molecule has 2 heterocycles. The van der Waals surface area contributed by atoms with Gasteiger partial charge in [-0.05, 0) is 36.6 Å². The van der Waals surface area contributed by atoms with Crippen molar-refractivity contribution in [2.75, 3.05) is 0 Å². The highest BCUT2D eigenvalue weighted by atomic mass is 15.0. The van der Waals surface area contributed by atoms with Crippen molar-refractivity contribution in [1.82, 2.24) is 4.57 Å². The Kier molecular flexibility index (Phi) is 2.09. The van der Waals surface area contributed by atoms with E-state index in [1.807, 2.05) is 0 Å². The van der Waals surface area contributed by atoms with Crippen LogP contribution in [0.15, 0.2) is 24.4 Å². The summed E-state index contributed by atoms with van der Waals surface area (Å²) < 4.78 is 2.31. The Labute approximate surface area is 78.7 Å². The van der Waals surface area contributed by atoms with Gasteiger partial charge in [0, 0.05) is 12.7 Å². The third-order valence-corrected chi connectivity index (χ3v) is 2.56. The monoisotopic (exact) mass is 173 g/mol. The average molecular weight is 173 g/mol. The second-order valence-electron chi connectivity index (χ2n) is 3.51. The molecule has 0 fully saturated rings. The predicted octanol–water partition coefficient (Wildman–Crippen LogP) is 1.42. The van der Waals surface area contributed by atoms with Crippen molar-refractivity contribution in [2.45, 2.75) is 26.3 Å². The number of aryl methyl sites for hydroxylation is 1. The van der Waals surface area contributed by atoms with E-state index in [-0.39, 0.29) is 0 Å². The molecule has 1 aromatic heterocycles. The molecule has 0 unspecified atom stereocenters. The predicted molar refractivity (Wildman–Crippen MR) is 56.7 cm³/mol. The summed E-state index contributed by atoms with van der Waals surface area (Å²) in [6.45, 7) is 7.26. The molecular formula is C12H15N. The van der Waals surface area contributed by atoms with Gasteiger partial charge in [-0.15, -0.1) is 0 Å². The van der Waals surface area contributed by atoms with Gasteiger partial charge in [-0.1, -0.05) is 18.7 Å². The lowest BCUT2D eigenvalue weighted by molar-refractivity contribution is 0.615. The Balaban J connectivity index is 2.75. The van der Waals surface area contributed by atoms with Gasteiger partial charge in [0.05, 0.1) is 5.35 Å². The lowest BCUT2D eigenvalue weighted by Crippen LogP contribution is -2.33. The number of rotatable bonds is 1. The second-order valence-corrected chi connectivity index (χ2v) is 3.51. The first-order chi connectivity index (χ1) is 6.33. The summed E-state index contributed by atoms with van der Waals surface area (Å²) in [5.41, 5.74) is 1.43. The van der Waals surface area contributed by atoms with Crippen molar-refractivity contribution in [3.63, 3.8) is 0 Å². The largest absolute Gasteiger partial charge is 0.347 e. The highest BCUT2D eigenvalue weighted by Crippen LogP contribution is 2.10. The van der Waals surface area contributed by atoms with Gasteiger partial charge in [0.2, 0.25) is 0 Å². The van der Waals surface area contributed by atoms with Gasteiger partial charge in [0.1, 0.15) is 0 Å². The summed E-state index contributed by atoms with van der Waals surface area (Å²) >= 11 is 0. The van der Waals surface area contributed by atoms with Gasteiger partial charge >= 0.3 is 0 Å². The van der Waals surface area contributed by atoms with Crippen molar-refractivity contribution >= 4 is 12.2 Å². The minimum absolute atomic E-state index is 1.14. The molecule has 68 valence electrons. The number of aromatic nitrogens is 1. The zero-order valence-electron chi connectivity index (χ0n) is 8.09. The van der Waals surface area contributed by atoms with Crippen LogP contribution in [0.25, 0.3) is 12.2 Å². The molecule has 0 atom stereocenters. The molecule has 13 heavy (non-hydrogen) atoms. The molecule has 0 saturated heterocycles. The van der Waals surface area contributed by atoms with Crippen molar-refractivity contribution in [2.24, 2.45) is 0 Å². The summed E-state index contributed by atoms with van der Waals surface area (Å²) in [6.07, 6.45) is 8.90. The maximum absolute atomic E-state index is 4.05. The molecule has 0 N–H and O–H groups in total. The quantitative estimate of drug-likeness (QED) is 0.605. The van der Waals surface area contributed by atoms with Crippen molar-refractivity contribution in [1.29, 1.82) is 0 Å². The van der Waals surface area contributed by atoms with E-state index in [9.17, 15) is 0 Å². The first-order valence-electron chi connectivity index (χ1n) is 4.83. The Hall–Kier alpha value is -1.24. The third kappa shape index (κ3) is 1.35. The van der Waals surface area contributed by atoms with Crippen LogP contribution in [0, 0.1) is 0 Å². The van der Waals surface area contributed by atoms with Crippen LogP contribution in [0.4, 0.5) is 0 Å². The minimum Gasteiger partial charge on any atom is -0.347 e. The Morgan fingerprint density at radius 1 is 1.54 bits per heavy atom. The van der Waals surface area contributed by atoms with E-state index in [1.165, 1.54) is 23.8 Å². The number of allylic oxidation sites excluding steroid dienone is 2. The molecule has 1 nitrogen and oxygen atoms in total. The first-order valence-corrected chi connectivity index (χ1v) is 4.83. The summed E-state index contributed by atoms with van der Waals surface area (Å²) in [5.74, 6) is 0.